The summed E-state index contributed by atoms with van der Waals surface area (Å²) in [7, 11) is 1.54. The largest absolute Gasteiger partial charge is 0.375 e. The van der Waals surface area contributed by atoms with Gasteiger partial charge in [0.1, 0.15) is 6.61 Å². The number of ether oxygens (including phenoxy) is 1. The Labute approximate surface area is 105 Å². The van der Waals surface area contributed by atoms with Crippen LogP contribution in [-0.4, -0.2) is 29.2 Å². The summed E-state index contributed by atoms with van der Waals surface area (Å²) in [6, 6.07) is 0.307. The van der Waals surface area contributed by atoms with E-state index in [0.29, 0.717) is 23.8 Å². The Hall–Kier alpha value is -1.43. The Morgan fingerprint density at radius 2 is 2.11 bits per heavy atom. The van der Waals surface area contributed by atoms with E-state index in [-0.39, 0.29) is 18.3 Å². The number of aromatic nitrogens is 2. The molecule has 1 heterocycles. The van der Waals surface area contributed by atoms with E-state index >= 15 is 0 Å². The van der Waals surface area contributed by atoms with Gasteiger partial charge in [0.05, 0.1) is 0 Å². The first-order valence-electron chi connectivity index (χ1n) is 6.40. The summed E-state index contributed by atoms with van der Waals surface area (Å²) in [5.74, 6) is 1.52. The highest BCUT2D eigenvalue weighted by Gasteiger charge is 2.42. The molecular weight excluding hydrogens is 234 g/mol. The van der Waals surface area contributed by atoms with Gasteiger partial charge in [-0.3, -0.25) is 4.79 Å². The second-order valence-electron chi connectivity index (χ2n) is 5.12. The predicted octanol–water partition coefficient (Wildman–Crippen LogP) is 1.13. The Bertz CT molecular complexity index is 426. The summed E-state index contributed by atoms with van der Waals surface area (Å²) >= 11 is 0. The molecule has 0 aliphatic heterocycles. The molecule has 1 aromatic heterocycles. The summed E-state index contributed by atoms with van der Waals surface area (Å²) in [5.41, 5.74) is 0. The van der Waals surface area contributed by atoms with E-state index in [1.54, 1.807) is 7.11 Å². The number of carbonyl (C=O) groups excluding carboxylic acids is 1. The number of nitrogens with one attached hydrogen (secondary N) is 1. The second-order valence-corrected chi connectivity index (χ2v) is 5.12. The van der Waals surface area contributed by atoms with Gasteiger partial charge >= 0.3 is 0 Å². The van der Waals surface area contributed by atoms with Gasteiger partial charge in [0.15, 0.2) is 0 Å². The second kappa shape index (κ2) is 4.68. The molecule has 0 bridgehead atoms. The highest BCUT2D eigenvalue weighted by molar-refractivity contribution is 5.90. The van der Waals surface area contributed by atoms with Gasteiger partial charge in [-0.1, -0.05) is 5.16 Å². The third-order valence-corrected chi connectivity index (χ3v) is 3.50. The first kappa shape index (κ1) is 11.6. The van der Waals surface area contributed by atoms with Gasteiger partial charge in [0, 0.05) is 13.2 Å². The van der Waals surface area contributed by atoms with Crippen molar-refractivity contribution in [3.8, 4) is 0 Å². The van der Waals surface area contributed by atoms with Crippen LogP contribution in [-0.2, 0) is 11.3 Å². The SMILES string of the molecule is COCc1nc(C(=O)NC(C2CC2)C2CC2)no1. The van der Waals surface area contributed by atoms with Crippen LogP contribution in [0.5, 0.6) is 0 Å². The average molecular weight is 251 g/mol. The van der Waals surface area contributed by atoms with Crippen LogP contribution in [0.4, 0.5) is 0 Å². The lowest BCUT2D eigenvalue weighted by Crippen LogP contribution is -2.38. The predicted molar refractivity (Wildman–Crippen MR) is 61.7 cm³/mol. The first-order valence-corrected chi connectivity index (χ1v) is 6.40. The van der Waals surface area contributed by atoms with Crippen molar-refractivity contribution in [1.29, 1.82) is 0 Å². The number of carbonyl (C=O) groups is 1. The first-order chi connectivity index (χ1) is 8.78. The van der Waals surface area contributed by atoms with Crippen LogP contribution in [0, 0.1) is 11.8 Å². The lowest BCUT2D eigenvalue weighted by atomic mass is 10.1. The monoisotopic (exact) mass is 251 g/mol. The molecule has 1 N–H and O–H groups in total. The van der Waals surface area contributed by atoms with Crippen molar-refractivity contribution in [1.82, 2.24) is 15.5 Å². The molecule has 1 amide bonds. The van der Waals surface area contributed by atoms with Gasteiger partial charge in [-0.05, 0) is 37.5 Å². The average Bonchev–Trinajstić information content (AvgIpc) is 3.26. The fourth-order valence-corrected chi connectivity index (χ4v) is 2.28. The Kier molecular flexibility index (Phi) is 3.03. The van der Waals surface area contributed by atoms with Crippen molar-refractivity contribution in [3.63, 3.8) is 0 Å². The van der Waals surface area contributed by atoms with Gasteiger partial charge < -0.3 is 14.6 Å². The molecule has 0 aromatic carbocycles. The number of amides is 1. The van der Waals surface area contributed by atoms with Crippen LogP contribution in [0.3, 0.4) is 0 Å². The lowest BCUT2D eigenvalue weighted by molar-refractivity contribution is 0.0912. The van der Waals surface area contributed by atoms with Gasteiger partial charge in [-0.15, -0.1) is 0 Å². The molecule has 2 fully saturated rings. The molecular formula is C12H17N3O3. The molecule has 6 heteroatoms. The molecule has 6 nitrogen and oxygen atoms in total. The van der Waals surface area contributed by atoms with E-state index < -0.39 is 0 Å². The number of hydrogen-bond donors (Lipinski definition) is 1. The highest BCUT2D eigenvalue weighted by Crippen LogP contribution is 2.44. The smallest absolute Gasteiger partial charge is 0.292 e. The molecule has 2 saturated carbocycles. The zero-order chi connectivity index (χ0) is 12.5. The van der Waals surface area contributed by atoms with Gasteiger partial charge in [0.2, 0.25) is 0 Å². The molecule has 0 atom stereocenters. The van der Waals surface area contributed by atoms with E-state index in [2.05, 4.69) is 15.5 Å². The van der Waals surface area contributed by atoms with Crippen molar-refractivity contribution in [2.75, 3.05) is 7.11 Å². The molecule has 1 aromatic rings. The van der Waals surface area contributed by atoms with E-state index in [0.717, 1.165) is 0 Å². The molecule has 0 radical (unpaired) electrons. The minimum Gasteiger partial charge on any atom is -0.375 e. The fraction of sp³-hybridized carbons (Fsp3) is 0.750. The Balaban J connectivity index is 1.61. The van der Waals surface area contributed by atoms with Crippen molar-refractivity contribution < 1.29 is 14.1 Å². The van der Waals surface area contributed by atoms with Crippen molar-refractivity contribution in [3.05, 3.63) is 11.7 Å². The van der Waals surface area contributed by atoms with E-state index in [1.165, 1.54) is 25.7 Å². The minimum atomic E-state index is -0.232. The van der Waals surface area contributed by atoms with Crippen LogP contribution in [0.15, 0.2) is 4.52 Å². The number of hydrogen-bond acceptors (Lipinski definition) is 5. The zero-order valence-electron chi connectivity index (χ0n) is 10.4. The summed E-state index contributed by atoms with van der Waals surface area (Å²) < 4.78 is 9.78. The number of methoxy groups -OCH3 is 1. The van der Waals surface area contributed by atoms with Crippen LogP contribution >= 0.6 is 0 Å². The summed E-state index contributed by atoms with van der Waals surface area (Å²) in [6.45, 7) is 0.231. The van der Waals surface area contributed by atoms with Crippen molar-refractivity contribution >= 4 is 5.91 Å². The van der Waals surface area contributed by atoms with Gasteiger partial charge in [-0.25, -0.2) is 0 Å². The highest BCUT2D eigenvalue weighted by atomic mass is 16.5. The topological polar surface area (TPSA) is 77.2 Å². The Morgan fingerprint density at radius 3 is 2.67 bits per heavy atom. The van der Waals surface area contributed by atoms with Crippen LogP contribution in [0.1, 0.15) is 42.2 Å². The van der Waals surface area contributed by atoms with Crippen LogP contribution in [0.2, 0.25) is 0 Å². The molecule has 0 saturated heterocycles. The third-order valence-electron chi connectivity index (χ3n) is 3.50. The lowest BCUT2D eigenvalue weighted by Gasteiger charge is -2.15. The van der Waals surface area contributed by atoms with E-state index in [4.69, 9.17) is 9.26 Å². The summed E-state index contributed by atoms with van der Waals surface area (Å²) in [5, 5.41) is 6.72. The standard InChI is InChI=1S/C12H17N3O3/c1-17-6-9-13-11(15-18-9)12(16)14-10(7-2-3-7)8-4-5-8/h7-8,10H,2-6H2,1H3,(H,14,16). The maximum Gasteiger partial charge on any atom is 0.292 e. The molecule has 0 spiro atoms. The van der Waals surface area contributed by atoms with Gasteiger partial charge in [0.25, 0.3) is 17.6 Å². The molecule has 2 aliphatic rings. The maximum atomic E-state index is 12.0. The number of nitrogens with zero attached hydrogens (tertiary/aromatic N) is 2. The number of rotatable bonds is 6. The summed E-state index contributed by atoms with van der Waals surface area (Å²) in [6.07, 6.45) is 4.90. The molecule has 98 valence electrons. The zero-order valence-corrected chi connectivity index (χ0v) is 10.4. The fourth-order valence-electron chi connectivity index (χ4n) is 2.28. The van der Waals surface area contributed by atoms with Crippen molar-refractivity contribution in [2.45, 2.75) is 38.3 Å². The van der Waals surface area contributed by atoms with Gasteiger partial charge in [-0.2, -0.15) is 4.98 Å². The third kappa shape index (κ3) is 2.53. The van der Waals surface area contributed by atoms with E-state index in [1.807, 2.05) is 0 Å². The van der Waals surface area contributed by atoms with Crippen LogP contribution in [0.25, 0.3) is 0 Å². The molecule has 2 aliphatic carbocycles. The molecule has 3 rings (SSSR count). The molecule has 0 unspecified atom stereocenters. The maximum absolute atomic E-state index is 12.0. The van der Waals surface area contributed by atoms with Crippen LogP contribution < -0.4 is 5.32 Å². The van der Waals surface area contributed by atoms with Crippen molar-refractivity contribution in [2.24, 2.45) is 11.8 Å². The minimum absolute atomic E-state index is 0.105. The quantitative estimate of drug-likeness (QED) is 0.820. The molecule has 18 heavy (non-hydrogen) atoms. The Morgan fingerprint density at radius 1 is 1.44 bits per heavy atom. The van der Waals surface area contributed by atoms with E-state index in [9.17, 15) is 4.79 Å². The summed E-state index contributed by atoms with van der Waals surface area (Å²) in [4.78, 5) is 16.0. The normalized spacial score (nSPS) is 19.2.